The number of hydrogen-bond donors (Lipinski definition) is 1. The molecule has 3 rings (SSSR count). The van der Waals surface area contributed by atoms with Crippen molar-refractivity contribution in [1.82, 2.24) is 15.1 Å². The second-order valence-corrected chi connectivity index (χ2v) is 6.03. The third-order valence-electron chi connectivity index (χ3n) is 4.09. The number of amides is 1. The van der Waals surface area contributed by atoms with Gasteiger partial charge in [-0.1, -0.05) is 18.2 Å². The molecule has 1 amide bonds. The highest BCUT2D eigenvalue weighted by atomic mass is 16.5. The van der Waals surface area contributed by atoms with Gasteiger partial charge in [-0.3, -0.25) is 4.79 Å². The zero-order valence-corrected chi connectivity index (χ0v) is 14.4. The third-order valence-corrected chi connectivity index (χ3v) is 4.09. The second kappa shape index (κ2) is 8.43. The number of para-hydroxylation sites is 1. The van der Waals surface area contributed by atoms with Gasteiger partial charge in [-0.25, -0.2) is 0 Å². The summed E-state index contributed by atoms with van der Waals surface area (Å²) in [6.07, 6.45) is 0.261. The molecule has 1 aliphatic heterocycles. The Bertz CT molecular complexity index is 670. The summed E-state index contributed by atoms with van der Waals surface area (Å²) >= 11 is 0. The summed E-state index contributed by atoms with van der Waals surface area (Å²) in [5.41, 5.74) is 0. The van der Waals surface area contributed by atoms with Gasteiger partial charge in [-0.2, -0.15) is 0 Å². The van der Waals surface area contributed by atoms with Gasteiger partial charge in [-0.05, 0) is 31.3 Å². The van der Waals surface area contributed by atoms with Crippen LogP contribution in [0.4, 0.5) is 11.6 Å². The molecule has 0 spiro atoms. The molecule has 1 aliphatic rings. The Balaban J connectivity index is 1.44. The Kier molecular flexibility index (Phi) is 5.79. The monoisotopic (exact) mass is 341 g/mol. The van der Waals surface area contributed by atoms with Crippen molar-refractivity contribution < 1.29 is 9.53 Å². The number of likely N-dealkylation sites (N-methyl/N-ethyl adjacent to an activating group) is 1. The first-order valence-electron chi connectivity index (χ1n) is 8.45. The van der Waals surface area contributed by atoms with E-state index < -0.39 is 0 Å². The van der Waals surface area contributed by atoms with Gasteiger partial charge >= 0.3 is 0 Å². The van der Waals surface area contributed by atoms with E-state index in [0.717, 1.165) is 37.7 Å². The molecule has 0 radical (unpaired) electrons. The highest BCUT2D eigenvalue weighted by Gasteiger charge is 2.15. The minimum Gasteiger partial charge on any atom is -0.493 e. The Morgan fingerprint density at radius 1 is 1.08 bits per heavy atom. The zero-order chi connectivity index (χ0) is 17.5. The summed E-state index contributed by atoms with van der Waals surface area (Å²) in [4.78, 5) is 16.4. The predicted octanol–water partition coefficient (Wildman–Crippen LogP) is 1.64. The topological polar surface area (TPSA) is 70.6 Å². The fourth-order valence-corrected chi connectivity index (χ4v) is 2.58. The molecule has 0 saturated carbocycles. The van der Waals surface area contributed by atoms with Crippen LogP contribution < -0.4 is 15.0 Å². The van der Waals surface area contributed by atoms with E-state index >= 15 is 0 Å². The molecular formula is C18H23N5O2. The first-order valence-corrected chi connectivity index (χ1v) is 8.45. The molecule has 1 N–H and O–H groups in total. The van der Waals surface area contributed by atoms with Crippen LogP contribution in [0.3, 0.4) is 0 Å². The zero-order valence-electron chi connectivity index (χ0n) is 14.4. The first kappa shape index (κ1) is 17.2. The van der Waals surface area contributed by atoms with Crippen molar-refractivity contribution in [3.05, 3.63) is 42.5 Å². The Morgan fingerprint density at radius 2 is 1.84 bits per heavy atom. The fraction of sp³-hybridized carbons (Fsp3) is 0.389. The predicted molar refractivity (Wildman–Crippen MR) is 96.9 cm³/mol. The maximum atomic E-state index is 12.0. The Morgan fingerprint density at radius 3 is 2.52 bits per heavy atom. The lowest BCUT2D eigenvalue weighted by Gasteiger charge is -2.32. The number of rotatable bonds is 6. The van der Waals surface area contributed by atoms with Crippen molar-refractivity contribution in [3.63, 3.8) is 0 Å². The van der Waals surface area contributed by atoms with Crippen LogP contribution in [-0.2, 0) is 4.79 Å². The van der Waals surface area contributed by atoms with E-state index in [0.29, 0.717) is 12.4 Å². The molecule has 1 saturated heterocycles. The van der Waals surface area contributed by atoms with Crippen LogP contribution >= 0.6 is 0 Å². The maximum absolute atomic E-state index is 12.0. The van der Waals surface area contributed by atoms with Crippen LogP contribution in [0.25, 0.3) is 0 Å². The van der Waals surface area contributed by atoms with Crippen LogP contribution in [-0.4, -0.2) is 60.8 Å². The summed E-state index contributed by atoms with van der Waals surface area (Å²) in [6.45, 7) is 4.23. The van der Waals surface area contributed by atoms with Crippen LogP contribution in [0.5, 0.6) is 5.75 Å². The molecular weight excluding hydrogens is 318 g/mol. The number of nitrogens with zero attached hydrogens (tertiary/aromatic N) is 4. The SMILES string of the molecule is CN1CCN(c2ccc(NC(=O)CCOc3ccccc3)nn2)CC1. The van der Waals surface area contributed by atoms with E-state index in [1.54, 1.807) is 6.07 Å². The first-order chi connectivity index (χ1) is 12.2. The summed E-state index contributed by atoms with van der Waals surface area (Å²) in [5.74, 6) is 1.92. The van der Waals surface area contributed by atoms with Crippen LogP contribution in [0, 0.1) is 0 Å². The van der Waals surface area contributed by atoms with Crippen molar-refractivity contribution in [2.75, 3.05) is 50.1 Å². The van der Waals surface area contributed by atoms with E-state index in [9.17, 15) is 4.79 Å². The molecule has 0 unspecified atom stereocenters. The van der Waals surface area contributed by atoms with Gasteiger partial charge in [0.1, 0.15) is 5.75 Å². The summed E-state index contributed by atoms with van der Waals surface area (Å²) in [5, 5.41) is 11.1. The maximum Gasteiger partial charge on any atom is 0.229 e. The number of benzene rings is 1. The number of ether oxygens (including phenoxy) is 1. The Labute approximate surface area is 147 Å². The number of anilines is 2. The second-order valence-electron chi connectivity index (χ2n) is 6.03. The highest BCUT2D eigenvalue weighted by molar-refractivity contribution is 5.89. The van der Waals surface area contributed by atoms with Gasteiger partial charge in [0.2, 0.25) is 5.91 Å². The number of carbonyl (C=O) groups excluding carboxylic acids is 1. The molecule has 1 fully saturated rings. The van der Waals surface area contributed by atoms with E-state index in [1.807, 2.05) is 36.4 Å². The summed E-state index contributed by atoms with van der Waals surface area (Å²) in [7, 11) is 2.11. The molecule has 2 aromatic rings. The number of carbonyl (C=O) groups is 1. The molecule has 25 heavy (non-hydrogen) atoms. The van der Waals surface area contributed by atoms with Gasteiger partial charge < -0.3 is 19.9 Å². The average molecular weight is 341 g/mol. The molecule has 1 aromatic heterocycles. The van der Waals surface area contributed by atoms with Crippen molar-refractivity contribution in [2.45, 2.75) is 6.42 Å². The molecule has 7 nitrogen and oxygen atoms in total. The molecule has 0 bridgehead atoms. The summed E-state index contributed by atoms with van der Waals surface area (Å²) in [6, 6.07) is 13.1. The van der Waals surface area contributed by atoms with Crippen molar-refractivity contribution in [3.8, 4) is 5.75 Å². The molecule has 0 aliphatic carbocycles. The normalized spacial score (nSPS) is 15.0. The van der Waals surface area contributed by atoms with Crippen molar-refractivity contribution in [2.24, 2.45) is 0 Å². The fourth-order valence-electron chi connectivity index (χ4n) is 2.58. The molecule has 0 atom stereocenters. The van der Waals surface area contributed by atoms with Crippen LogP contribution in [0.15, 0.2) is 42.5 Å². The highest BCUT2D eigenvalue weighted by Crippen LogP contribution is 2.14. The van der Waals surface area contributed by atoms with Crippen molar-refractivity contribution >= 4 is 17.5 Å². The van der Waals surface area contributed by atoms with Crippen LogP contribution in [0.2, 0.25) is 0 Å². The van der Waals surface area contributed by atoms with E-state index in [4.69, 9.17) is 4.74 Å². The lowest BCUT2D eigenvalue weighted by Crippen LogP contribution is -2.44. The lowest BCUT2D eigenvalue weighted by atomic mass is 10.3. The molecule has 7 heteroatoms. The quantitative estimate of drug-likeness (QED) is 0.861. The number of piperazine rings is 1. The van der Waals surface area contributed by atoms with Gasteiger partial charge in [0.05, 0.1) is 13.0 Å². The molecule has 2 heterocycles. The van der Waals surface area contributed by atoms with Crippen LogP contribution in [0.1, 0.15) is 6.42 Å². The van der Waals surface area contributed by atoms with Gasteiger partial charge in [0.25, 0.3) is 0 Å². The van der Waals surface area contributed by atoms with Gasteiger partial charge in [0.15, 0.2) is 11.6 Å². The minimum absolute atomic E-state index is 0.141. The third kappa shape index (κ3) is 5.15. The molecule has 1 aromatic carbocycles. The average Bonchev–Trinajstić information content (AvgIpc) is 2.64. The minimum atomic E-state index is -0.141. The molecule has 132 valence electrons. The van der Waals surface area contributed by atoms with E-state index in [2.05, 4.69) is 32.4 Å². The largest absolute Gasteiger partial charge is 0.493 e. The Hall–Kier alpha value is -2.67. The van der Waals surface area contributed by atoms with E-state index in [-0.39, 0.29) is 12.3 Å². The smallest absolute Gasteiger partial charge is 0.229 e. The standard InChI is InChI=1S/C18H23N5O2/c1-22-10-12-23(13-11-22)17-8-7-16(20-21-17)19-18(24)9-14-25-15-5-3-2-4-6-15/h2-8H,9-14H2,1H3,(H,19,20,24). The van der Waals surface area contributed by atoms with Gasteiger partial charge in [0, 0.05) is 26.2 Å². The van der Waals surface area contributed by atoms with Crippen molar-refractivity contribution in [1.29, 1.82) is 0 Å². The summed E-state index contributed by atoms with van der Waals surface area (Å²) < 4.78 is 5.51. The lowest BCUT2D eigenvalue weighted by molar-refractivity contribution is -0.116. The number of hydrogen-bond acceptors (Lipinski definition) is 6. The van der Waals surface area contributed by atoms with Gasteiger partial charge in [-0.15, -0.1) is 10.2 Å². The number of nitrogens with one attached hydrogen (secondary N) is 1. The number of aromatic nitrogens is 2. The van der Waals surface area contributed by atoms with E-state index in [1.165, 1.54) is 0 Å².